The van der Waals surface area contributed by atoms with Gasteiger partial charge in [0.15, 0.2) is 6.61 Å². The number of halogens is 1. The first kappa shape index (κ1) is 24.7. The molecule has 0 unspecified atom stereocenters. The second-order valence-corrected chi connectivity index (χ2v) is 8.46. The topological polar surface area (TPSA) is 106 Å². The lowest BCUT2D eigenvalue weighted by molar-refractivity contribution is -0.119. The van der Waals surface area contributed by atoms with Crippen molar-refractivity contribution in [2.45, 2.75) is 6.92 Å². The number of carbonyl (C=O) groups is 3. The van der Waals surface area contributed by atoms with Crippen molar-refractivity contribution in [2.75, 3.05) is 17.2 Å². The van der Waals surface area contributed by atoms with Crippen LogP contribution in [0.4, 0.5) is 11.4 Å². The van der Waals surface area contributed by atoms with E-state index in [1.54, 1.807) is 72.8 Å². The molecule has 0 bridgehead atoms. The molecular weight excluding hydrogens is 482 g/mol. The number of benzene rings is 3. The molecule has 9 heteroatoms. The van der Waals surface area contributed by atoms with Crippen LogP contribution in [0.1, 0.15) is 17.4 Å². The van der Waals surface area contributed by atoms with Crippen LogP contribution in [0.2, 0.25) is 5.02 Å². The van der Waals surface area contributed by atoms with E-state index in [-0.39, 0.29) is 17.2 Å². The Balaban J connectivity index is 1.60. The first-order chi connectivity index (χ1) is 17.2. The number of nitrogens with one attached hydrogen (secondary N) is 2. The van der Waals surface area contributed by atoms with Crippen LogP contribution in [-0.2, 0) is 21.4 Å². The number of amides is 2. The van der Waals surface area contributed by atoms with Gasteiger partial charge in [0.1, 0.15) is 5.69 Å². The van der Waals surface area contributed by atoms with E-state index in [1.165, 1.54) is 18.5 Å². The molecule has 1 aromatic heterocycles. The van der Waals surface area contributed by atoms with Gasteiger partial charge in [0, 0.05) is 41.3 Å². The molecule has 4 rings (SSSR count). The number of nitrogens with zero attached hydrogens (tertiary/aromatic N) is 1. The van der Waals surface area contributed by atoms with Crippen LogP contribution in [0.25, 0.3) is 21.9 Å². The highest BCUT2D eigenvalue weighted by atomic mass is 35.5. The third kappa shape index (κ3) is 5.29. The fraction of sp³-hybridized carbons (Fsp3) is 0.111. The van der Waals surface area contributed by atoms with Gasteiger partial charge in [-0.3, -0.25) is 14.4 Å². The molecule has 8 nitrogen and oxygen atoms in total. The molecule has 0 fully saturated rings. The molecule has 0 aliphatic carbocycles. The second-order valence-electron chi connectivity index (χ2n) is 8.02. The molecule has 0 aliphatic rings. The van der Waals surface area contributed by atoms with Gasteiger partial charge in [-0.05, 0) is 53.4 Å². The van der Waals surface area contributed by atoms with E-state index in [4.69, 9.17) is 16.3 Å². The highest BCUT2D eigenvalue weighted by molar-refractivity contribution is 6.30. The number of fused-ring (bicyclic) bond motifs is 1. The van der Waals surface area contributed by atoms with Crippen molar-refractivity contribution >= 4 is 51.5 Å². The van der Waals surface area contributed by atoms with E-state index >= 15 is 0 Å². The molecule has 2 N–H and O–H groups in total. The number of esters is 1. The first-order valence-electron chi connectivity index (χ1n) is 11.0. The summed E-state index contributed by atoms with van der Waals surface area (Å²) in [5.41, 5.74) is 1.88. The van der Waals surface area contributed by atoms with Crippen molar-refractivity contribution in [3.63, 3.8) is 0 Å². The largest absolute Gasteiger partial charge is 0.451 e. The standard InChI is InChI=1S/C27H22ClN3O5/c1-16(32)29-19-11-13-20(14-12-19)30-23(33)15-36-27(35)25-24(17-7-9-18(28)10-8-17)21-5-3-4-6-22(21)26(34)31(25)2/h3-14H,15H2,1-2H3,(H,29,32)(H,30,33). The summed E-state index contributed by atoms with van der Waals surface area (Å²) in [4.78, 5) is 49.8. The van der Waals surface area contributed by atoms with E-state index in [2.05, 4.69) is 10.6 Å². The third-order valence-electron chi connectivity index (χ3n) is 5.45. The molecule has 0 radical (unpaired) electrons. The minimum absolute atomic E-state index is 0.0217. The number of anilines is 2. The molecule has 4 aromatic rings. The average Bonchev–Trinajstić information content (AvgIpc) is 2.86. The summed E-state index contributed by atoms with van der Waals surface area (Å²) in [6.07, 6.45) is 0. The number of rotatable bonds is 6. The summed E-state index contributed by atoms with van der Waals surface area (Å²) in [6.45, 7) is 0.834. The van der Waals surface area contributed by atoms with Crippen LogP contribution in [0.15, 0.2) is 77.6 Å². The number of hydrogen-bond acceptors (Lipinski definition) is 5. The van der Waals surface area contributed by atoms with Gasteiger partial charge in [-0.15, -0.1) is 0 Å². The number of carbonyl (C=O) groups excluding carboxylic acids is 3. The normalized spacial score (nSPS) is 10.6. The van der Waals surface area contributed by atoms with E-state index < -0.39 is 18.5 Å². The SMILES string of the molecule is CC(=O)Nc1ccc(NC(=O)COC(=O)c2c(-c3ccc(Cl)cc3)c3ccccc3c(=O)n2C)cc1. The molecule has 0 saturated heterocycles. The molecule has 36 heavy (non-hydrogen) atoms. The van der Waals surface area contributed by atoms with Crippen molar-refractivity contribution in [2.24, 2.45) is 7.05 Å². The maximum absolute atomic E-state index is 13.2. The molecule has 1 heterocycles. The zero-order chi connectivity index (χ0) is 25.8. The molecule has 3 aromatic carbocycles. The second kappa shape index (κ2) is 10.5. The number of aromatic nitrogens is 1. The Morgan fingerprint density at radius 1 is 0.861 bits per heavy atom. The average molecular weight is 504 g/mol. The Morgan fingerprint density at radius 3 is 2.06 bits per heavy atom. The van der Waals surface area contributed by atoms with Gasteiger partial charge in [0.25, 0.3) is 11.5 Å². The van der Waals surface area contributed by atoms with Gasteiger partial charge in [-0.1, -0.05) is 41.9 Å². The molecular formula is C27H22ClN3O5. The van der Waals surface area contributed by atoms with E-state index in [0.717, 1.165) is 0 Å². The highest BCUT2D eigenvalue weighted by Crippen LogP contribution is 2.31. The Hall–Kier alpha value is -4.43. The Bertz CT molecular complexity index is 1530. The van der Waals surface area contributed by atoms with Crippen molar-refractivity contribution < 1.29 is 19.1 Å². The predicted octanol–water partition coefficient (Wildman–Crippen LogP) is 4.61. The van der Waals surface area contributed by atoms with Gasteiger partial charge < -0.3 is 19.9 Å². The summed E-state index contributed by atoms with van der Waals surface area (Å²) in [5, 5.41) is 6.81. The molecule has 0 spiro atoms. The van der Waals surface area contributed by atoms with Crippen LogP contribution in [0, 0.1) is 0 Å². The van der Waals surface area contributed by atoms with Crippen LogP contribution in [-0.4, -0.2) is 29.0 Å². The molecule has 2 amide bonds. The summed E-state index contributed by atoms with van der Waals surface area (Å²) >= 11 is 6.05. The zero-order valence-electron chi connectivity index (χ0n) is 19.5. The predicted molar refractivity (Wildman–Crippen MR) is 139 cm³/mol. The Kier molecular flexibility index (Phi) is 7.17. The maximum atomic E-state index is 13.2. The molecule has 182 valence electrons. The monoisotopic (exact) mass is 503 g/mol. The maximum Gasteiger partial charge on any atom is 0.356 e. The highest BCUT2D eigenvalue weighted by Gasteiger charge is 2.23. The fourth-order valence-electron chi connectivity index (χ4n) is 3.85. The number of ether oxygens (including phenoxy) is 1. The van der Waals surface area contributed by atoms with Crippen LogP contribution >= 0.6 is 11.6 Å². The van der Waals surface area contributed by atoms with Gasteiger partial charge >= 0.3 is 5.97 Å². The Labute approximate surface area is 211 Å². The van der Waals surface area contributed by atoms with Gasteiger partial charge in [-0.25, -0.2) is 4.79 Å². The summed E-state index contributed by atoms with van der Waals surface area (Å²) in [7, 11) is 1.49. The van der Waals surface area contributed by atoms with Crippen molar-refractivity contribution in [3.05, 3.63) is 93.9 Å². The lowest BCUT2D eigenvalue weighted by Gasteiger charge is -2.17. The smallest absolute Gasteiger partial charge is 0.356 e. The fourth-order valence-corrected chi connectivity index (χ4v) is 3.98. The summed E-state index contributed by atoms with van der Waals surface area (Å²) in [5.74, 6) is -1.59. The minimum atomic E-state index is -0.818. The lowest BCUT2D eigenvalue weighted by Crippen LogP contribution is -2.28. The van der Waals surface area contributed by atoms with Gasteiger partial charge in [-0.2, -0.15) is 0 Å². The first-order valence-corrected chi connectivity index (χ1v) is 11.3. The van der Waals surface area contributed by atoms with Crippen molar-refractivity contribution in [1.29, 1.82) is 0 Å². The van der Waals surface area contributed by atoms with Crippen LogP contribution in [0.5, 0.6) is 0 Å². The summed E-state index contributed by atoms with van der Waals surface area (Å²) in [6, 6.07) is 20.3. The third-order valence-corrected chi connectivity index (χ3v) is 5.71. The lowest BCUT2D eigenvalue weighted by atomic mass is 9.97. The molecule has 0 aliphatic heterocycles. The van der Waals surface area contributed by atoms with E-state index in [9.17, 15) is 19.2 Å². The number of hydrogen-bond donors (Lipinski definition) is 2. The minimum Gasteiger partial charge on any atom is -0.451 e. The van der Waals surface area contributed by atoms with Crippen LogP contribution < -0.4 is 16.2 Å². The zero-order valence-corrected chi connectivity index (χ0v) is 20.3. The van der Waals surface area contributed by atoms with E-state index in [1.807, 2.05) is 0 Å². The van der Waals surface area contributed by atoms with Gasteiger partial charge in [0.2, 0.25) is 5.91 Å². The summed E-state index contributed by atoms with van der Waals surface area (Å²) < 4.78 is 6.54. The molecule has 0 saturated carbocycles. The van der Waals surface area contributed by atoms with Crippen molar-refractivity contribution in [3.8, 4) is 11.1 Å². The van der Waals surface area contributed by atoms with E-state index in [0.29, 0.717) is 38.3 Å². The molecule has 0 atom stereocenters. The van der Waals surface area contributed by atoms with Crippen LogP contribution in [0.3, 0.4) is 0 Å². The quantitative estimate of drug-likeness (QED) is 0.374. The Morgan fingerprint density at radius 2 is 1.44 bits per heavy atom. The van der Waals surface area contributed by atoms with Crippen molar-refractivity contribution in [1.82, 2.24) is 4.57 Å². The van der Waals surface area contributed by atoms with Gasteiger partial charge in [0.05, 0.1) is 0 Å². The number of pyridine rings is 1.